The first-order valence-corrected chi connectivity index (χ1v) is 7.21. The van der Waals surface area contributed by atoms with Crippen LogP contribution in [0.2, 0.25) is 0 Å². The predicted octanol–water partition coefficient (Wildman–Crippen LogP) is 2.89. The Balaban J connectivity index is 2.48. The van der Waals surface area contributed by atoms with Gasteiger partial charge in [-0.15, -0.1) is 0 Å². The van der Waals surface area contributed by atoms with Crippen molar-refractivity contribution in [3.63, 3.8) is 0 Å². The van der Waals surface area contributed by atoms with E-state index in [9.17, 15) is 0 Å². The van der Waals surface area contributed by atoms with Crippen LogP contribution >= 0.6 is 0 Å². The molecular weight excluding hydrogens is 238 g/mol. The van der Waals surface area contributed by atoms with Crippen LogP contribution in [-0.4, -0.2) is 33.4 Å². The molecule has 1 aromatic carbocycles. The lowest BCUT2D eigenvalue weighted by atomic mass is 10.00. The maximum absolute atomic E-state index is 5.58. The lowest BCUT2D eigenvalue weighted by Crippen LogP contribution is -2.28. The van der Waals surface area contributed by atoms with Crippen LogP contribution in [0.3, 0.4) is 0 Å². The van der Waals surface area contributed by atoms with Gasteiger partial charge in [0, 0.05) is 13.2 Å². The third-order valence-corrected chi connectivity index (χ3v) is 3.10. The molecule has 0 fully saturated rings. The first-order chi connectivity index (χ1) is 9.30. The molecule has 1 unspecified atom stereocenters. The predicted molar refractivity (Wildman–Crippen MR) is 79.8 cm³/mol. The van der Waals surface area contributed by atoms with E-state index in [2.05, 4.69) is 24.4 Å². The summed E-state index contributed by atoms with van der Waals surface area (Å²) in [5.74, 6) is 1.44. The van der Waals surface area contributed by atoms with E-state index in [0.717, 1.165) is 38.5 Å². The molecule has 0 spiro atoms. The fourth-order valence-electron chi connectivity index (χ4n) is 2.05. The van der Waals surface area contributed by atoms with Crippen molar-refractivity contribution in [3.05, 3.63) is 29.8 Å². The van der Waals surface area contributed by atoms with Crippen LogP contribution in [0.4, 0.5) is 0 Å². The zero-order valence-corrected chi connectivity index (χ0v) is 12.4. The average Bonchev–Trinajstić information content (AvgIpc) is 2.45. The highest BCUT2D eigenvalue weighted by Crippen LogP contribution is 2.15. The van der Waals surface area contributed by atoms with E-state index in [4.69, 9.17) is 9.47 Å². The summed E-state index contributed by atoms with van der Waals surface area (Å²) < 4.78 is 10.8. The van der Waals surface area contributed by atoms with E-state index in [1.54, 1.807) is 7.11 Å². The number of hydrogen-bond acceptors (Lipinski definition) is 3. The van der Waals surface area contributed by atoms with Crippen LogP contribution in [0.15, 0.2) is 24.3 Å². The SMILES string of the molecule is CCCNCC(COCC)Cc1ccc(OC)cc1. The molecule has 0 bridgehead atoms. The molecule has 0 radical (unpaired) electrons. The van der Waals surface area contributed by atoms with Crippen molar-refractivity contribution in [2.24, 2.45) is 5.92 Å². The monoisotopic (exact) mass is 265 g/mol. The summed E-state index contributed by atoms with van der Waals surface area (Å²) in [6, 6.07) is 8.31. The van der Waals surface area contributed by atoms with Crippen LogP contribution in [-0.2, 0) is 11.2 Å². The minimum absolute atomic E-state index is 0.528. The Morgan fingerprint density at radius 2 is 1.89 bits per heavy atom. The fraction of sp³-hybridized carbons (Fsp3) is 0.625. The third-order valence-electron chi connectivity index (χ3n) is 3.10. The number of rotatable bonds is 10. The molecule has 3 heteroatoms. The topological polar surface area (TPSA) is 30.5 Å². The highest BCUT2D eigenvalue weighted by molar-refractivity contribution is 5.27. The third kappa shape index (κ3) is 6.60. The molecule has 0 saturated heterocycles. The van der Waals surface area contributed by atoms with E-state index >= 15 is 0 Å². The van der Waals surface area contributed by atoms with Gasteiger partial charge in [0.25, 0.3) is 0 Å². The Labute approximate surface area is 117 Å². The summed E-state index contributed by atoms with van der Waals surface area (Å²) in [5.41, 5.74) is 1.34. The first-order valence-electron chi connectivity index (χ1n) is 7.21. The van der Waals surface area contributed by atoms with E-state index in [0.29, 0.717) is 5.92 Å². The van der Waals surface area contributed by atoms with Crippen LogP contribution in [0.5, 0.6) is 5.75 Å². The van der Waals surface area contributed by atoms with Crippen molar-refractivity contribution < 1.29 is 9.47 Å². The van der Waals surface area contributed by atoms with Crippen LogP contribution in [0.1, 0.15) is 25.8 Å². The van der Waals surface area contributed by atoms with Gasteiger partial charge in [-0.05, 0) is 49.9 Å². The molecule has 0 aliphatic rings. The molecule has 19 heavy (non-hydrogen) atoms. The number of hydrogen-bond donors (Lipinski definition) is 1. The van der Waals surface area contributed by atoms with Gasteiger partial charge in [0.1, 0.15) is 5.75 Å². The summed E-state index contributed by atoms with van der Waals surface area (Å²) in [4.78, 5) is 0. The average molecular weight is 265 g/mol. The molecule has 108 valence electrons. The van der Waals surface area contributed by atoms with Gasteiger partial charge >= 0.3 is 0 Å². The largest absolute Gasteiger partial charge is 0.497 e. The summed E-state index contributed by atoms with van der Waals surface area (Å²) in [5, 5.41) is 3.48. The van der Waals surface area contributed by atoms with Gasteiger partial charge in [0.2, 0.25) is 0 Å². The molecule has 0 aliphatic heterocycles. The standard InChI is InChI=1S/C16H27NO2/c1-4-10-17-12-15(13-19-5-2)11-14-6-8-16(18-3)9-7-14/h6-9,15,17H,4-5,10-13H2,1-3H3. The molecule has 1 aromatic rings. The van der Waals surface area contributed by atoms with Gasteiger partial charge in [0.15, 0.2) is 0 Å². The quantitative estimate of drug-likeness (QED) is 0.660. The van der Waals surface area contributed by atoms with Gasteiger partial charge < -0.3 is 14.8 Å². The van der Waals surface area contributed by atoms with Crippen molar-refractivity contribution in [1.82, 2.24) is 5.32 Å². The Kier molecular flexibility index (Phi) is 8.26. The van der Waals surface area contributed by atoms with E-state index in [1.165, 1.54) is 12.0 Å². The van der Waals surface area contributed by atoms with Gasteiger partial charge in [-0.3, -0.25) is 0 Å². The number of benzene rings is 1. The number of nitrogens with one attached hydrogen (secondary N) is 1. The normalized spacial score (nSPS) is 12.4. The van der Waals surface area contributed by atoms with Crippen LogP contribution in [0, 0.1) is 5.92 Å². The molecule has 0 aromatic heterocycles. The molecule has 0 amide bonds. The van der Waals surface area contributed by atoms with E-state index in [1.807, 2.05) is 19.1 Å². The lowest BCUT2D eigenvalue weighted by molar-refractivity contribution is 0.110. The molecule has 0 aliphatic carbocycles. The molecule has 0 saturated carbocycles. The summed E-state index contributed by atoms with van der Waals surface area (Å²) in [7, 11) is 1.70. The maximum atomic E-state index is 5.58. The van der Waals surface area contributed by atoms with Gasteiger partial charge in [-0.25, -0.2) is 0 Å². The van der Waals surface area contributed by atoms with Crippen LogP contribution in [0.25, 0.3) is 0 Å². The second-order valence-corrected chi connectivity index (χ2v) is 4.78. The fourth-order valence-corrected chi connectivity index (χ4v) is 2.05. The molecule has 0 heterocycles. The zero-order chi connectivity index (χ0) is 13.9. The lowest BCUT2D eigenvalue weighted by Gasteiger charge is -2.17. The van der Waals surface area contributed by atoms with Crippen LogP contribution < -0.4 is 10.1 Å². The van der Waals surface area contributed by atoms with E-state index in [-0.39, 0.29) is 0 Å². The van der Waals surface area contributed by atoms with Crippen molar-refractivity contribution in [3.8, 4) is 5.75 Å². The Morgan fingerprint density at radius 1 is 1.16 bits per heavy atom. The summed E-state index contributed by atoms with van der Waals surface area (Å²) in [6.45, 7) is 7.93. The molecular formula is C16H27NO2. The van der Waals surface area contributed by atoms with Crippen molar-refractivity contribution in [2.45, 2.75) is 26.7 Å². The maximum Gasteiger partial charge on any atom is 0.118 e. The Hall–Kier alpha value is -1.06. The van der Waals surface area contributed by atoms with Crippen molar-refractivity contribution >= 4 is 0 Å². The Morgan fingerprint density at radius 3 is 2.47 bits per heavy atom. The Bertz CT molecular complexity index is 324. The van der Waals surface area contributed by atoms with Crippen molar-refractivity contribution in [1.29, 1.82) is 0 Å². The van der Waals surface area contributed by atoms with Gasteiger partial charge in [-0.2, -0.15) is 0 Å². The summed E-state index contributed by atoms with van der Waals surface area (Å²) >= 11 is 0. The van der Waals surface area contributed by atoms with Gasteiger partial charge in [0.05, 0.1) is 13.7 Å². The first kappa shape index (κ1) is 16.0. The second kappa shape index (κ2) is 9.82. The zero-order valence-electron chi connectivity index (χ0n) is 12.4. The highest BCUT2D eigenvalue weighted by atomic mass is 16.5. The van der Waals surface area contributed by atoms with Gasteiger partial charge in [-0.1, -0.05) is 19.1 Å². The molecule has 1 N–H and O–H groups in total. The summed E-state index contributed by atoms with van der Waals surface area (Å²) in [6.07, 6.45) is 2.21. The van der Waals surface area contributed by atoms with Crippen molar-refractivity contribution in [2.75, 3.05) is 33.4 Å². The molecule has 1 atom stereocenters. The van der Waals surface area contributed by atoms with E-state index < -0.39 is 0 Å². The molecule has 1 rings (SSSR count). The second-order valence-electron chi connectivity index (χ2n) is 4.78. The molecule has 3 nitrogen and oxygen atoms in total. The smallest absolute Gasteiger partial charge is 0.118 e. The minimum Gasteiger partial charge on any atom is -0.497 e. The highest BCUT2D eigenvalue weighted by Gasteiger charge is 2.09. The number of ether oxygens (including phenoxy) is 2. The minimum atomic E-state index is 0.528. The number of methoxy groups -OCH3 is 1.